The highest BCUT2D eigenvalue weighted by molar-refractivity contribution is 5.99. The number of rotatable bonds is 5. The van der Waals surface area contributed by atoms with Gasteiger partial charge in [0.25, 0.3) is 5.91 Å². The van der Waals surface area contributed by atoms with Crippen molar-refractivity contribution < 1.29 is 14.3 Å². The van der Waals surface area contributed by atoms with Crippen LogP contribution in [0.5, 0.6) is 0 Å². The summed E-state index contributed by atoms with van der Waals surface area (Å²) in [5, 5.41) is 2.85. The van der Waals surface area contributed by atoms with Gasteiger partial charge < -0.3 is 15.0 Å². The number of anilines is 1. The number of aromatic amines is 1. The van der Waals surface area contributed by atoms with Gasteiger partial charge in [0.05, 0.1) is 16.6 Å². The van der Waals surface area contributed by atoms with E-state index in [1.54, 1.807) is 37.5 Å². The molecule has 4 aromatic rings. The molecular formula is C24H22N4O3. The molecule has 1 unspecified atom stereocenters. The number of para-hydroxylation sites is 1. The van der Waals surface area contributed by atoms with Crippen molar-refractivity contribution in [1.82, 2.24) is 15.0 Å². The first kappa shape index (κ1) is 20.3. The van der Waals surface area contributed by atoms with E-state index < -0.39 is 12.1 Å². The predicted molar refractivity (Wildman–Crippen MR) is 119 cm³/mol. The molecule has 2 heterocycles. The van der Waals surface area contributed by atoms with E-state index in [1.165, 1.54) is 0 Å². The Hall–Kier alpha value is -4.00. The molecule has 0 fully saturated rings. The van der Waals surface area contributed by atoms with Crippen LogP contribution in [-0.4, -0.2) is 32.9 Å². The van der Waals surface area contributed by atoms with E-state index in [0.717, 1.165) is 27.9 Å². The monoisotopic (exact) mass is 414 g/mol. The van der Waals surface area contributed by atoms with Gasteiger partial charge in [-0.05, 0) is 62.2 Å². The third-order valence-corrected chi connectivity index (χ3v) is 5.03. The van der Waals surface area contributed by atoms with Gasteiger partial charge in [-0.25, -0.2) is 9.78 Å². The summed E-state index contributed by atoms with van der Waals surface area (Å²) < 4.78 is 5.40. The van der Waals surface area contributed by atoms with Crippen LogP contribution < -0.4 is 5.32 Å². The van der Waals surface area contributed by atoms with Gasteiger partial charge >= 0.3 is 5.97 Å². The zero-order chi connectivity index (χ0) is 22.0. The molecule has 31 heavy (non-hydrogen) atoms. The second-order valence-electron chi connectivity index (χ2n) is 7.36. The van der Waals surface area contributed by atoms with Gasteiger partial charge in [-0.3, -0.25) is 9.78 Å². The average molecular weight is 414 g/mol. The van der Waals surface area contributed by atoms with Crippen molar-refractivity contribution in [3.05, 3.63) is 77.6 Å². The molecule has 0 bridgehead atoms. The van der Waals surface area contributed by atoms with Crippen LogP contribution in [0.4, 0.5) is 5.69 Å². The molecule has 0 aliphatic rings. The Bertz CT molecular complexity index is 1240. The number of esters is 1. The van der Waals surface area contributed by atoms with Crippen LogP contribution in [-0.2, 0) is 9.53 Å². The average Bonchev–Trinajstić information content (AvgIpc) is 3.20. The van der Waals surface area contributed by atoms with Crippen molar-refractivity contribution in [3.63, 3.8) is 0 Å². The van der Waals surface area contributed by atoms with E-state index in [0.29, 0.717) is 16.9 Å². The maximum Gasteiger partial charge on any atom is 0.338 e. The summed E-state index contributed by atoms with van der Waals surface area (Å²) in [4.78, 5) is 37.0. The second-order valence-corrected chi connectivity index (χ2v) is 7.36. The number of carbonyl (C=O) groups excluding carboxylic acids is 2. The Morgan fingerprint density at radius 1 is 1.06 bits per heavy atom. The molecule has 2 N–H and O–H groups in total. The minimum Gasteiger partial charge on any atom is -0.449 e. The molecule has 1 amide bonds. The number of imidazole rings is 1. The quantitative estimate of drug-likeness (QED) is 0.471. The number of carbonyl (C=O) groups is 2. The van der Waals surface area contributed by atoms with Gasteiger partial charge in [-0.15, -0.1) is 0 Å². The molecule has 2 aromatic heterocycles. The lowest BCUT2D eigenvalue weighted by Gasteiger charge is -2.16. The Labute approximate surface area is 179 Å². The standard InChI is InChI=1S/C24H22N4O3/c1-14-6-4-7-15(2)21(14)28-23(29)16(3)31-24(30)17-9-10-19-20(12-17)27-22(26-19)18-8-5-11-25-13-18/h4-13,16H,1-3H3,(H,26,27)(H,28,29). The van der Waals surface area contributed by atoms with E-state index in [9.17, 15) is 9.59 Å². The van der Waals surface area contributed by atoms with Crippen LogP contribution in [0.15, 0.2) is 60.9 Å². The van der Waals surface area contributed by atoms with Gasteiger partial charge in [-0.1, -0.05) is 18.2 Å². The zero-order valence-electron chi connectivity index (χ0n) is 17.5. The number of pyridine rings is 1. The predicted octanol–water partition coefficient (Wildman–Crippen LogP) is 4.43. The molecular weight excluding hydrogens is 392 g/mol. The maximum absolute atomic E-state index is 12.6. The number of nitrogens with zero attached hydrogens (tertiary/aromatic N) is 2. The number of H-pyrrole nitrogens is 1. The van der Waals surface area contributed by atoms with Gasteiger partial charge in [0.2, 0.25) is 0 Å². The van der Waals surface area contributed by atoms with Gasteiger partial charge in [-0.2, -0.15) is 0 Å². The summed E-state index contributed by atoms with van der Waals surface area (Å²) >= 11 is 0. The molecule has 0 radical (unpaired) electrons. The first-order valence-electron chi connectivity index (χ1n) is 9.90. The number of aryl methyl sites for hydroxylation is 2. The lowest BCUT2D eigenvalue weighted by Crippen LogP contribution is -2.30. The fourth-order valence-electron chi connectivity index (χ4n) is 3.29. The van der Waals surface area contributed by atoms with E-state index in [1.807, 2.05) is 44.2 Å². The zero-order valence-corrected chi connectivity index (χ0v) is 17.5. The minimum atomic E-state index is -0.949. The van der Waals surface area contributed by atoms with Gasteiger partial charge in [0.15, 0.2) is 6.10 Å². The summed E-state index contributed by atoms with van der Waals surface area (Å²) in [6.07, 6.45) is 2.45. The van der Waals surface area contributed by atoms with Crippen molar-refractivity contribution in [2.75, 3.05) is 5.32 Å². The van der Waals surface area contributed by atoms with Crippen molar-refractivity contribution >= 4 is 28.6 Å². The Balaban J connectivity index is 1.48. The van der Waals surface area contributed by atoms with Crippen LogP contribution in [0.25, 0.3) is 22.4 Å². The summed E-state index contributed by atoms with van der Waals surface area (Å²) in [6.45, 7) is 5.38. The van der Waals surface area contributed by atoms with E-state index in [2.05, 4.69) is 20.3 Å². The molecule has 0 saturated heterocycles. The molecule has 156 valence electrons. The Kier molecular flexibility index (Phi) is 5.49. The van der Waals surface area contributed by atoms with Crippen LogP contribution in [0.1, 0.15) is 28.4 Å². The number of amides is 1. The molecule has 0 aliphatic heterocycles. The third kappa shape index (κ3) is 4.30. The van der Waals surface area contributed by atoms with Crippen LogP contribution in [0.3, 0.4) is 0 Å². The number of benzene rings is 2. The molecule has 1 atom stereocenters. The van der Waals surface area contributed by atoms with Crippen molar-refractivity contribution in [3.8, 4) is 11.4 Å². The van der Waals surface area contributed by atoms with Gasteiger partial charge in [0.1, 0.15) is 5.82 Å². The summed E-state index contributed by atoms with van der Waals surface area (Å²) in [7, 11) is 0. The lowest BCUT2D eigenvalue weighted by atomic mass is 10.1. The lowest BCUT2D eigenvalue weighted by molar-refractivity contribution is -0.123. The van der Waals surface area contributed by atoms with Gasteiger partial charge in [0, 0.05) is 23.6 Å². The number of fused-ring (bicyclic) bond motifs is 1. The highest BCUT2D eigenvalue weighted by Gasteiger charge is 2.21. The number of nitrogens with one attached hydrogen (secondary N) is 2. The van der Waals surface area contributed by atoms with Crippen LogP contribution in [0.2, 0.25) is 0 Å². The molecule has 4 rings (SSSR count). The number of hydrogen-bond acceptors (Lipinski definition) is 5. The van der Waals surface area contributed by atoms with Crippen molar-refractivity contribution in [2.45, 2.75) is 26.9 Å². The molecule has 0 spiro atoms. The molecule has 0 saturated carbocycles. The fourth-order valence-corrected chi connectivity index (χ4v) is 3.29. The smallest absolute Gasteiger partial charge is 0.338 e. The summed E-state index contributed by atoms with van der Waals surface area (Å²) in [5.41, 5.74) is 5.22. The van der Waals surface area contributed by atoms with E-state index in [4.69, 9.17) is 4.74 Å². The van der Waals surface area contributed by atoms with Crippen molar-refractivity contribution in [2.24, 2.45) is 0 Å². The second kappa shape index (κ2) is 8.39. The number of ether oxygens (including phenoxy) is 1. The highest BCUT2D eigenvalue weighted by atomic mass is 16.5. The largest absolute Gasteiger partial charge is 0.449 e. The minimum absolute atomic E-state index is 0.334. The first-order valence-corrected chi connectivity index (χ1v) is 9.90. The molecule has 2 aromatic carbocycles. The molecule has 7 nitrogen and oxygen atoms in total. The van der Waals surface area contributed by atoms with Crippen molar-refractivity contribution in [1.29, 1.82) is 0 Å². The van der Waals surface area contributed by atoms with Crippen LogP contribution in [0, 0.1) is 13.8 Å². The van der Waals surface area contributed by atoms with E-state index >= 15 is 0 Å². The highest BCUT2D eigenvalue weighted by Crippen LogP contribution is 2.22. The maximum atomic E-state index is 12.6. The summed E-state index contributed by atoms with van der Waals surface area (Å²) in [6, 6.07) is 14.5. The molecule has 0 aliphatic carbocycles. The fraction of sp³-hybridized carbons (Fsp3) is 0.167. The Morgan fingerprint density at radius 3 is 2.55 bits per heavy atom. The third-order valence-electron chi connectivity index (χ3n) is 5.03. The molecule has 7 heteroatoms. The normalized spacial score (nSPS) is 11.8. The topological polar surface area (TPSA) is 97.0 Å². The Morgan fingerprint density at radius 2 is 1.84 bits per heavy atom. The number of hydrogen-bond donors (Lipinski definition) is 2. The SMILES string of the molecule is Cc1cccc(C)c1NC(=O)C(C)OC(=O)c1ccc2nc(-c3cccnc3)[nH]c2c1. The summed E-state index contributed by atoms with van der Waals surface area (Å²) in [5.74, 6) is -0.300. The number of aromatic nitrogens is 3. The first-order chi connectivity index (χ1) is 14.9. The van der Waals surface area contributed by atoms with E-state index in [-0.39, 0.29) is 5.91 Å². The van der Waals surface area contributed by atoms with Crippen LogP contribution >= 0.6 is 0 Å².